The van der Waals surface area contributed by atoms with Crippen LogP contribution in [0.3, 0.4) is 0 Å². The lowest BCUT2D eigenvalue weighted by Gasteiger charge is -2.00. The molecule has 2 aromatic rings. The number of hydrogen-bond acceptors (Lipinski definition) is 5. The number of aromatic nitrogens is 2. The van der Waals surface area contributed by atoms with E-state index in [0.717, 1.165) is 11.8 Å². The zero-order valence-corrected chi connectivity index (χ0v) is 9.65. The van der Waals surface area contributed by atoms with E-state index in [1.54, 1.807) is 0 Å². The number of amides is 1. The van der Waals surface area contributed by atoms with Crippen molar-refractivity contribution in [2.45, 2.75) is 0 Å². The molecule has 1 amide bonds. The minimum absolute atomic E-state index is 0.169. The number of nitrogens with zero attached hydrogens (tertiary/aromatic N) is 3. The summed E-state index contributed by atoms with van der Waals surface area (Å²) in [7, 11) is 0. The molecule has 19 heavy (non-hydrogen) atoms. The van der Waals surface area contributed by atoms with Crippen LogP contribution in [0, 0.1) is 5.82 Å². The number of nitrogens with one attached hydrogen (secondary N) is 1. The Bertz CT molecular complexity index is 590. The lowest BCUT2D eigenvalue weighted by Crippen LogP contribution is -2.03. The Hall–Kier alpha value is -2.83. The summed E-state index contributed by atoms with van der Waals surface area (Å²) in [4.78, 5) is 22.3. The van der Waals surface area contributed by atoms with Gasteiger partial charge in [-0.05, 0) is 5.56 Å². The smallest absolute Gasteiger partial charge is 0.315 e. The molecule has 0 aliphatic heterocycles. The molecular weight excluding hydrogens is 251 g/mol. The monoisotopic (exact) mass is 260 g/mol. The first-order valence-electron chi connectivity index (χ1n) is 5.28. The molecule has 0 saturated carbocycles. The Morgan fingerprint density at radius 2 is 2.11 bits per heavy atom. The van der Waals surface area contributed by atoms with Crippen LogP contribution in [-0.4, -0.2) is 22.6 Å². The predicted octanol–water partition coefficient (Wildman–Crippen LogP) is 1.60. The molecule has 1 aromatic heterocycles. The van der Waals surface area contributed by atoms with Gasteiger partial charge < -0.3 is 10.2 Å². The third-order valence-electron chi connectivity index (χ3n) is 2.05. The van der Waals surface area contributed by atoms with Crippen LogP contribution in [0.1, 0.15) is 5.56 Å². The van der Waals surface area contributed by atoms with E-state index in [2.05, 4.69) is 20.4 Å². The topological polar surface area (TPSA) is 76.5 Å². The summed E-state index contributed by atoms with van der Waals surface area (Å²) in [6.07, 6.45) is 2.65. The Balaban J connectivity index is 2.05. The standard InChI is InChI=1S/C12H9FN4O2/c13-10-7-14-12(17-11(10)15-8-18)19-16-6-9-4-2-1-3-5-9/h1-8H,(H,14,15,17,18)/b16-6+. The van der Waals surface area contributed by atoms with Gasteiger partial charge in [0.25, 0.3) is 0 Å². The number of hydrogen-bond donors (Lipinski definition) is 1. The highest BCUT2D eigenvalue weighted by atomic mass is 19.1. The van der Waals surface area contributed by atoms with Crippen LogP contribution in [0.25, 0.3) is 0 Å². The van der Waals surface area contributed by atoms with Gasteiger partial charge in [0.05, 0.1) is 12.4 Å². The van der Waals surface area contributed by atoms with Crippen molar-refractivity contribution >= 4 is 18.4 Å². The van der Waals surface area contributed by atoms with Crippen molar-refractivity contribution < 1.29 is 14.0 Å². The SMILES string of the molecule is O=CNc1nc(O/N=C/c2ccccc2)ncc1F. The van der Waals surface area contributed by atoms with Gasteiger partial charge in [-0.3, -0.25) is 4.79 Å². The Labute approximate surface area is 107 Å². The van der Waals surface area contributed by atoms with Crippen molar-refractivity contribution in [2.24, 2.45) is 5.16 Å². The van der Waals surface area contributed by atoms with Gasteiger partial charge in [0.1, 0.15) is 0 Å². The minimum Gasteiger partial charge on any atom is -0.315 e. The van der Waals surface area contributed by atoms with Crippen LogP contribution < -0.4 is 10.2 Å². The first kappa shape index (κ1) is 12.6. The number of rotatable bonds is 5. The average molecular weight is 260 g/mol. The van der Waals surface area contributed by atoms with Crippen LogP contribution in [0.5, 0.6) is 6.01 Å². The molecule has 0 atom stereocenters. The number of anilines is 1. The molecule has 2 rings (SSSR count). The van der Waals surface area contributed by atoms with Gasteiger partial charge in [-0.2, -0.15) is 9.97 Å². The second-order valence-corrected chi connectivity index (χ2v) is 3.35. The fourth-order valence-electron chi connectivity index (χ4n) is 1.23. The zero-order valence-electron chi connectivity index (χ0n) is 9.65. The molecule has 0 aliphatic carbocycles. The molecule has 0 bridgehead atoms. The van der Waals surface area contributed by atoms with Crippen LogP contribution in [0.2, 0.25) is 0 Å². The summed E-state index contributed by atoms with van der Waals surface area (Å²) in [6.45, 7) is 0. The lowest BCUT2D eigenvalue weighted by atomic mass is 10.2. The summed E-state index contributed by atoms with van der Waals surface area (Å²) >= 11 is 0. The number of carbonyl (C=O) groups excluding carboxylic acids is 1. The summed E-state index contributed by atoms with van der Waals surface area (Å²) < 4.78 is 13.1. The molecule has 96 valence electrons. The third-order valence-corrected chi connectivity index (χ3v) is 2.05. The van der Waals surface area contributed by atoms with Crippen molar-refractivity contribution in [1.82, 2.24) is 9.97 Å². The van der Waals surface area contributed by atoms with Gasteiger partial charge in [0.15, 0.2) is 11.6 Å². The molecule has 0 spiro atoms. The summed E-state index contributed by atoms with van der Waals surface area (Å²) in [6, 6.07) is 9.07. The first-order valence-corrected chi connectivity index (χ1v) is 5.28. The molecule has 1 N–H and O–H groups in total. The van der Waals surface area contributed by atoms with Crippen molar-refractivity contribution in [3.05, 3.63) is 47.9 Å². The first-order chi connectivity index (χ1) is 9.29. The molecule has 7 heteroatoms. The van der Waals surface area contributed by atoms with E-state index < -0.39 is 5.82 Å². The van der Waals surface area contributed by atoms with Gasteiger partial charge in [-0.25, -0.2) is 4.39 Å². The molecule has 0 saturated heterocycles. The second-order valence-electron chi connectivity index (χ2n) is 3.35. The van der Waals surface area contributed by atoms with Gasteiger partial charge in [-0.15, -0.1) is 0 Å². The highest BCUT2D eigenvalue weighted by molar-refractivity contribution is 5.78. The van der Waals surface area contributed by atoms with Crippen molar-refractivity contribution in [3.63, 3.8) is 0 Å². The molecule has 6 nitrogen and oxygen atoms in total. The van der Waals surface area contributed by atoms with E-state index in [-0.39, 0.29) is 11.8 Å². The summed E-state index contributed by atoms with van der Waals surface area (Å²) in [5, 5.41) is 5.74. The maximum absolute atomic E-state index is 13.1. The van der Waals surface area contributed by atoms with Crippen LogP contribution in [0.15, 0.2) is 41.7 Å². The van der Waals surface area contributed by atoms with Crippen molar-refractivity contribution in [2.75, 3.05) is 5.32 Å². The average Bonchev–Trinajstić information content (AvgIpc) is 2.44. The minimum atomic E-state index is -0.758. The quantitative estimate of drug-likeness (QED) is 0.503. The summed E-state index contributed by atoms with van der Waals surface area (Å²) in [5.74, 6) is -1.03. The number of carbonyl (C=O) groups is 1. The van der Waals surface area contributed by atoms with E-state index in [9.17, 15) is 9.18 Å². The van der Waals surface area contributed by atoms with Gasteiger partial charge >= 0.3 is 6.01 Å². The fourth-order valence-corrected chi connectivity index (χ4v) is 1.23. The number of oxime groups is 1. The molecule has 0 unspecified atom stereocenters. The largest absolute Gasteiger partial charge is 0.347 e. The van der Waals surface area contributed by atoms with Gasteiger partial charge in [-0.1, -0.05) is 35.5 Å². The number of halogens is 1. The molecule has 1 heterocycles. The maximum Gasteiger partial charge on any atom is 0.347 e. The molecular formula is C12H9FN4O2. The molecule has 0 radical (unpaired) electrons. The number of benzene rings is 1. The van der Waals surface area contributed by atoms with Crippen LogP contribution in [0.4, 0.5) is 10.2 Å². The molecule has 0 aliphatic rings. The van der Waals surface area contributed by atoms with Crippen molar-refractivity contribution in [3.8, 4) is 6.01 Å². The maximum atomic E-state index is 13.1. The Morgan fingerprint density at radius 3 is 2.84 bits per heavy atom. The molecule has 0 fully saturated rings. The third kappa shape index (κ3) is 3.56. The van der Waals surface area contributed by atoms with E-state index in [4.69, 9.17) is 4.84 Å². The normalized spacial score (nSPS) is 10.4. The zero-order chi connectivity index (χ0) is 13.5. The summed E-state index contributed by atoms with van der Waals surface area (Å²) in [5.41, 5.74) is 0.829. The highest BCUT2D eigenvalue weighted by Crippen LogP contribution is 2.12. The van der Waals surface area contributed by atoms with E-state index in [1.165, 1.54) is 6.21 Å². The molecule has 1 aromatic carbocycles. The van der Waals surface area contributed by atoms with E-state index >= 15 is 0 Å². The second kappa shape index (κ2) is 6.20. The van der Waals surface area contributed by atoms with E-state index in [1.807, 2.05) is 30.3 Å². The Morgan fingerprint density at radius 1 is 1.32 bits per heavy atom. The fraction of sp³-hybridized carbons (Fsp3) is 0. The van der Waals surface area contributed by atoms with Crippen LogP contribution >= 0.6 is 0 Å². The Kier molecular flexibility index (Phi) is 4.12. The highest BCUT2D eigenvalue weighted by Gasteiger charge is 2.06. The van der Waals surface area contributed by atoms with Crippen molar-refractivity contribution in [1.29, 1.82) is 0 Å². The van der Waals surface area contributed by atoms with Crippen LogP contribution in [-0.2, 0) is 4.79 Å². The van der Waals surface area contributed by atoms with Gasteiger partial charge in [0, 0.05) is 0 Å². The van der Waals surface area contributed by atoms with E-state index in [0.29, 0.717) is 6.41 Å². The van der Waals surface area contributed by atoms with Gasteiger partial charge in [0.2, 0.25) is 6.41 Å². The predicted molar refractivity (Wildman–Crippen MR) is 66.3 cm³/mol. The lowest BCUT2D eigenvalue weighted by molar-refractivity contribution is -0.105.